The van der Waals surface area contributed by atoms with E-state index in [0.29, 0.717) is 55.5 Å². The second-order valence-corrected chi connectivity index (χ2v) is 9.03. The van der Waals surface area contributed by atoms with E-state index in [4.69, 9.17) is 9.47 Å². The molecule has 0 aliphatic carbocycles. The van der Waals surface area contributed by atoms with Crippen molar-refractivity contribution >= 4 is 17.5 Å². The van der Waals surface area contributed by atoms with E-state index in [1.165, 1.54) is 18.3 Å². The third-order valence-corrected chi connectivity index (χ3v) is 6.38. The predicted octanol–water partition coefficient (Wildman–Crippen LogP) is 3.87. The van der Waals surface area contributed by atoms with Crippen LogP contribution in [0.5, 0.6) is 11.6 Å². The molecule has 1 aliphatic heterocycles. The van der Waals surface area contributed by atoms with Crippen molar-refractivity contribution in [1.82, 2.24) is 20.3 Å². The smallest absolute Gasteiger partial charge is 0.268 e. The number of carbonyl (C=O) groups is 2. The number of aromatic nitrogens is 3. The van der Waals surface area contributed by atoms with E-state index in [1.807, 2.05) is 13.8 Å². The summed E-state index contributed by atoms with van der Waals surface area (Å²) in [7, 11) is 0. The quantitative estimate of drug-likeness (QED) is 0.386. The van der Waals surface area contributed by atoms with Crippen LogP contribution in [0.15, 0.2) is 55.0 Å². The van der Waals surface area contributed by atoms with Crippen molar-refractivity contribution in [3.63, 3.8) is 0 Å². The van der Waals surface area contributed by atoms with Gasteiger partial charge in [0.1, 0.15) is 24.0 Å². The highest BCUT2D eigenvalue weighted by Gasteiger charge is 2.34. The SMILES string of the molecule is CCNC(=O)C(CC)CCc1ncc(N2CC[C@@H](Oc3ccc(OCc4ccc(F)cc4)nc3)C2=O)cn1. The largest absolute Gasteiger partial charge is 0.479 e. The van der Waals surface area contributed by atoms with Crippen LogP contribution in [-0.4, -0.2) is 46.0 Å². The molecule has 1 aliphatic rings. The van der Waals surface area contributed by atoms with Crippen LogP contribution in [0, 0.1) is 11.7 Å². The first kappa shape index (κ1) is 27.0. The predicted molar refractivity (Wildman–Crippen MR) is 139 cm³/mol. The van der Waals surface area contributed by atoms with Gasteiger partial charge in [0.2, 0.25) is 11.8 Å². The average Bonchev–Trinajstić information content (AvgIpc) is 3.29. The van der Waals surface area contributed by atoms with E-state index < -0.39 is 6.10 Å². The topological polar surface area (TPSA) is 107 Å². The molecule has 1 aromatic carbocycles. The molecule has 0 saturated carbocycles. The fourth-order valence-electron chi connectivity index (χ4n) is 4.20. The second-order valence-electron chi connectivity index (χ2n) is 9.03. The van der Waals surface area contributed by atoms with E-state index >= 15 is 0 Å². The summed E-state index contributed by atoms with van der Waals surface area (Å²) in [5.74, 6) is 1.03. The Hall–Kier alpha value is -4.08. The minimum Gasteiger partial charge on any atom is -0.479 e. The monoisotopic (exact) mass is 521 g/mol. The summed E-state index contributed by atoms with van der Waals surface area (Å²) in [6.45, 7) is 5.27. The Morgan fingerprint density at radius 3 is 2.53 bits per heavy atom. The van der Waals surface area contributed by atoms with Gasteiger partial charge in [0.05, 0.1) is 24.3 Å². The first-order valence-corrected chi connectivity index (χ1v) is 12.9. The first-order chi connectivity index (χ1) is 18.5. The molecule has 2 atom stereocenters. The highest BCUT2D eigenvalue weighted by Crippen LogP contribution is 2.25. The third kappa shape index (κ3) is 7.02. The standard InChI is InChI=1S/C28H32FN5O4/c1-3-20(27(35)30-4-2)7-11-25-31-15-22(16-32-25)34-14-13-24(28(34)36)38-23-10-12-26(33-17-23)37-18-19-5-8-21(29)9-6-19/h5-6,8-10,12,15-17,20,24H,3-4,7,11,13-14,18H2,1-2H3,(H,30,35)/t20?,24-/m1/s1. The van der Waals surface area contributed by atoms with Crippen molar-refractivity contribution in [1.29, 1.82) is 0 Å². The molecule has 0 radical (unpaired) electrons. The van der Waals surface area contributed by atoms with Crippen LogP contribution in [0.2, 0.25) is 0 Å². The van der Waals surface area contributed by atoms with E-state index in [1.54, 1.807) is 41.6 Å². The number of ether oxygens (including phenoxy) is 2. The number of benzene rings is 1. The van der Waals surface area contributed by atoms with Gasteiger partial charge in [0.25, 0.3) is 5.91 Å². The van der Waals surface area contributed by atoms with Gasteiger partial charge in [0, 0.05) is 37.9 Å². The Bertz CT molecular complexity index is 1210. The van der Waals surface area contributed by atoms with Crippen molar-refractivity contribution in [2.24, 2.45) is 5.92 Å². The minimum atomic E-state index is -0.634. The lowest BCUT2D eigenvalue weighted by Crippen LogP contribution is -2.32. The lowest BCUT2D eigenvalue weighted by molar-refractivity contribution is -0.125. The van der Waals surface area contributed by atoms with Gasteiger partial charge in [-0.05, 0) is 43.5 Å². The Labute approximate surface area is 221 Å². The van der Waals surface area contributed by atoms with Gasteiger partial charge < -0.3 is 19.7 Å². The Kier molecular flexibility index (Phi) is 9.18. The summed E-state index contributed by atoms with van der Waals surface area (Å²) < 4.78 is 24.5. The molecule has 9 nitrogen and oxygen atoms in total. The third-order valence-electron chi connectivity index (χ3n) is 6.38. The first-order valence-electron chi connectivity index (χ1n) is 12.9. The van der Waals surface area contributed by atoms with Gasteiger partial charge in [-0.15, -0.1) is 0 Å². The molecule has 10 heteroatoms. The van der Waals surface area contributed by atoms with Crippen LogP contribution in [0.4, 0.5) is 10.1 Å². The molecular formula is C28H32FN5O4. The molecule has 200 valence electrons. The zero-order valence-corrected chi connectivity index (χ0v) is 21.6. The maximum atomic E-state index is 13.0. The van der Waals surface area contributed by atoms with Crippen molar-refractivity contribution in [3.8, 4) is 11.6 Å². The molecule has 1 saturated heterocycles. The molecule has 3 aromatic rings. The van der Waals surface area contributed by atoms with Crippen LogP contribution in [0.25, 0.3) is 0 Å². The summed E-state index contributed by atoms with van der Waals surface area (Å²) in [4.78, 5) is 39.7. The number of aryl methyl sites for hydroxylation is 1. The highest BCUT2D eigenvalue weighted by atomic mass is 19.1. The molecule has 2 aromatic heterocycles. The Balaban J connectivity index is 1.27. The van der Waals surface area contributed by atoms with E-state index in [2.05, 4.69) is 20.3 Å². The molecule has 1 fully saturated rings. The number of halogens is 1. The highest BCUT2D eigenvalue weighted by molar-refractivity contribution is 5.98. The van der Waals surface area contributed by atoms with Crippen molar-refractivity contribution in [2.75, 3.05) is 18.0 Å². The molecule has 4 rings (SSSR count). The van der Waals surface area contributed by atoms with Gasteiger partial charge in [-0.2, -0.15) is 0 Å². The number of pyridine rings is 1. The maximum absolute atomic E-state index is 13.0. The van der Waals surface area contributed by atoms with Crippen LogP contribution in [0.1, 0.15) is 44.5 Å². The zero-order valence-electron chi connectivity index (χ0n) is 21.6. The molecule has 3 heterocycles. The number of rotatable bonds is 12. The molecule has 1 N–H and O–H groups in total. The van der Waals surface area contributed by atoms with Gasteiger partial charge in [-0.3, -0.25) is 9.59 Å². The van der Waals surface area contributed by atoms with Crippen molar-refractivity contribution < 1.29 is 23.5 Å². The Morgan fingerprint density at radius 2 is 1.87 bits per heavy atom. The molecule has 0 bridgehead atoms. The molecule has 2 amide bonds. The van der Waals surface area contributed by atoms with Gasteiger partial charge in [0.15, 0.2) is 6.10 Å². The number of nitrogens with one attached hydrogen (secondary N) is 1. The van der Waals surface area contributed by atoms with Gasteiger partial charge in [-0.1, -0.05) is 19.1 Å². The number of hydrogen-bond acceptors (Lipinski definition) is 7. The maximum Gasteiger partial charge on any atom is 0.268 e. The summed E-state index contributed by atoms with van der Waals surface area (Å²) in [6.07, 6.45) is 6.71. The molecule has 0 spiro atoms. The van der Waals surface area contributed by atoms with E-state index in [0.717, 1.165) is 12.0 Å². The molecule has 1 unspecified atom stereocenters. The van der Waals surface area contributed by atoms with Crippen LogP contribution in [-0.2, 0) is 22.6 Å². The molecular weight excluding hydrogens is 489 g/mol. The Morgan fingerprint density at radius 1 is 1.11 bits per heavy atom. The summed E-state index contributed by atoms with van der Waals surface area (Å²) in [6, 6.07) is 9.43. The van der Waals surface area contributed by atoms with E-state index in [-0.39, 0.29) is 30.2 Å². The second kappa shape index (κ2) is 12.9. The number of carbonyl (C=O) groups excluding carboxylic acids is 2. The average molecular weight is 522 g/mol. The summed E-state index contributed by atoms with van der Waals surface area (Å²) >= 11 is 0. The van der Waals surface area contributed by atoms with Crippen LogP contribution in [0.3, 0.4) is 0 Å². The van der Waals surface area contributed by atoms with Gasteiger partial charge >= 0.3 is 0 Å². The molecule has 38 heavy (non-hydrogen) atoms. The van der Waals surface area contributed by atoms with Crippen molar-refractivity contribution in [3.05, 3.63) is 72.2 Å². The number of hydrogen-bond donors (Lipinski definition) is 1. The number of amides is 2. The summed E-state index contributed by atoms with van der Waals surface area (Å²) in [5.41, 5.74) is 1.44. The fraction of sp³-hybridized carbons (Fsp3) is 0.393. The number of nitrogens with zero attached hydrogens (tertiary/aromatic N) is 4. The number of anilines is 1. The van der Waals surface area contributed by atoms with Crippen LogP contribution >= 0.6 is 0 Å². The normalized spacial score (nSPS) is 15.8. The fourth-order valence-corrected chi connectivity index (χ4v) is 4.20. The van der Waals surface area contributed by atoms with Crippen molar-refractivity contribution in [2.45, 2.75) is 52.2 Å². The zero-order chi connectivity index (χ0) is 26.9. The summed E-state index contributed by atoms with van der Waals surface area (Å²) in [5, 5.41) is 2.86. The van der Waals surface area contributed by atoms with Gasteiger partial charge in [-0.25, -0.2) is 19.3 Å². The minimum absolute atomic E-state index is 0.0580. The van der Waals surface area contributed by atoms with Crippen LogP contribution < -0.4 is 19.7 Å². The lowest BCUT2D eigenvalue weighted by atomic mass is 9.99. The lowest BCUT2D eigenvalue weighted by Gasteiger charge is -2.17. The van der Waals surface area contributed by atoms with E-state index in [9.17, 15) is 14.0 Å².